The highest BCUT2D eigenvalue weighted by molar-refractivity contribution is 5.81. The van der Waals surface area contributed by atoms with Gasteiger partial charge in [-0.25, -0.2) is 0 Å². The minimum atomic E-state index is -0.109. The van der Waals surface area contributed by atoms with Crippen molar-refractivity contribution in [3.05, 3.63) is 28.8 Å². The summed E-state index contributed by atoms with van der Waals surface area (Å²) in [4.78, 5) is 11.2. The second kappa shape index (κ2) is 3.34. The number of fused-ring (bicyclic) bond motifs is 1. The van der Waals surface area contributed by atoms with Crippen LogP contribution in [0.5, 0.6) is 5.75 Å². The molecule has 1 atom stereocenters. The quantitative estimate of drug-likeness (QED) is 0.753. The first kappa shape index (κ1) is 12.2. The van der Waals surface area contributed by atoms with Gasteiger partial charge in [-0.3, -0.25) is 4.79 Å². The summed E-state index contributed by atoms with van der Waals surface area (Å²) in [7, 11) is 0. The van der Waals surface area contributed by atoms with E-state index >= 15 is 0 Å². The molecule has 1 aliphatic rings. The second-order valence-electron chi connectivity index (χ2n) is 6.21. The van der Waals surface area contributed by atoms with Crippen LogP contribution in [0.2, 0.25) is 0 Å². The van der Waals surface area contributed by atoms with Gasteiger partial charge in [0.2, 0.25) is 0 Å². The van der Waals surface area contributed by atoms with Crippen LogP contribution in [0, 0.1) is 5.92 Å². The zero-order valence-corrected chi connectivity index (χ0v) is 11.2. The topological polar surface area (TPSA) is 37.3 Å². The number of phenols is 1. The van der Waals surface area contributed by atoms with Crippen LogP contribution in [-0.4, -0.2) is 11.4 Å². The minimum absolute atomic E-state index is 0.0895. The van der Waals surface area contributed by atoms with Crippen molar-refractivity contribution >= 4 is 6.29 Å². The molecule has 1 N–H and O–H groups in total. The lowest BCUT2D eigenvalue weighted by Gasteiger charge is -2.32. The summed E-state index contributed by atoms with van der Waals surface area (Å²) >= 11 is 0. The van der Waals surface area contributed by atoms with E-state index < -0.39 is 0 Å². The molecule has 92 valence electrons. The Morgan fingerprint density at radius 2 is 1.65 bits per heavy atom. The van der Waals surface area contributed by atoms with Crippen molar-refractivity contribution in [1.82, 2.24) is 0 Å². The van der Waals surface area contributed by atoms with Gasteiger partial charge in [0.25, 0.3) is 0 Å². The number of carbonyl (C=O) groups excluding carboxylic acids is 1. The lowest BCUT2D eigenvalue weighted by Crippen LogP contribution is -2.31. The Morgan fingerprint density at radius 1 is 1.12 bits per heavy atom. The molecule has 0 fully saturated rings. The van der Waals surface area contributed by atoms with Crippen molar-refractivity contribution in [2.75, 3.05) is 0 Å². The molecule has 0 saturated carbocycles. The standard InChI is InChI=1S/C15H20O2/c1-9-14(2,3)12-10(8-16)6-7-11(17)13(12)15(9,4)5/h6-9,17H,1-5H3. The van der Waals surface area contributed by atoms with Gasteiger partial charge in [0.1, 0.15) is 12.0 Å². The molecular weight excluding hydrogens is 212 g/mol. The molecule has 17 heavy (non-hydrogen) atoms. The Hall–Kier alpha value is -1.31. The molecule has 0 heterocycles. The molecule has 0 aliphatic heterocycles. The number of hydrogen-bond donors (Lipinski definition) is 1. The number of rotatable bonds is 1. The maximum absolute atomic E-state index is 11.2. The van der Waals surface area contributed by atoms with Gasteiger partial charge in [0.15, 0.2) is 0 Å². The maximum atomic E-state index is 11.2. The highest BCUT2D eigenvalue weighted by Crippen LogP contribution is 2.56. The Kier molecular flexibility index (Phi) is 2.39. The summed E-state index contributed by atoms with van der Waals surface area (Å²) in [6.07, 6.45) is 0.897. The summed E-state index contributed by atoms with van der Waals surface area (Å²) in [5.74, 6) is 0.685. The molecule has 1 aromatic carbocycles. The largest absolute Gasteiger partial charge is 0.508 e. The first-order valence-corrected chi connectivity index (χ1v) is 6.06. The molecule has 0 amide bonds. The molecule has 1 aliphatic carbocycles. The van der Waals surface area contributed by atoms with Crippen LogP contribution in [0.15, 0.2) is 12.1 Å². The van der Waals surface area contributed by atoms with Crippen LogP contribution in [0.1, 0.15) is 56.1 Å². The second-order valence-corrected chi connectivity index (χ2v) is 6.21. The molecule has 0 saturated heterocycles. The van der Waals surface area contributed by atoms with Crippen LogP contribution in [-0.2, 0) is 10.8 Å². The number of hydrogen-bond acceptors (Lipinski definition) is 2. The number of carbonyl (C=O) groups is 1. The summed E-state index contributed by atoms with van der Waals surface area (Å²) in [6.45, 7) is 10.8. The van der Waals surface area contributed by atoms with E-state index in [2.05, 4.69) is 34.6 Å². The Balaban J connectivity index is 2.88. The van der Waals surface area contributed by atoms with E-state index in [1.807, 2.05) is 0 Å². The van der Waals surface area contributed by atoms with Crippen LogP contribution < -0.4 is 0 Å². The third-order valence-corrected chi connectivity index (χ3v) is 4.80. The Bertz CT molecular complexity index is 484. The first-order chi connectivity index (χ1) is 7.74. The third kappa shape index (κ3) is 1.36. The summed E-state index contributed by atoms with van der Waals surface area (Å²) in [5, 5.41) is 10.1. The average Bonchev–Trinajstić information content (AvgIpc) is 2.39. The summed E-state index contributed by atoms with van der Waals surface area (Å²) < 4.78 is 0. The molecule has 1 aromatic rings. The molecule has 2 heteroatoms. The average molecular weight is 232 g/mol. The van der Waals surface area contributed by atoms with Gasteiger partial charge in [-0.05, 0) is 34.4 Å². The van der Waals surface area contributed by atoms with Crippen molar-refractivity contribution in [2.45, 2.75) is 45.4 Å². The van der Waals surface area contributed by atoms with Gasteiger partial charge in [0, 0.05) is 11.1 Å². The predicted octanol–water partition coefficient (Wildman–Crippen LogP) is 3.41. The molecular formula is C15H20O2. The zero-order chi connectivity index (χ0) is 13.0. The molecule has 2 nitrogen and oxygen atoms in total. The van der Waals surface area contributed by atoms with E-state index in [0.29, 0.717) is 17.2 Å². The van der Waals surface area contributed by atoms with E-state index in [4.69, 9.17) is 0 Å². The monoisotopic (exact) mass is 232 g/mol. The molecule has 0 radical (unpaired) electrons. The van der Waals surface area contributed by atoms with Gasteiger partial charge in [-0.15, -0.1) is 0 Å². The third-order valence-electron chi connectivity index (χ3n) is 4.80. The van der Waals surface area contributed by atoms with Crippen molar-refractivity contribution < 1.29 is 9.90 Å². The van der Waals surface area contributed by atoms with Crippen LogP contribution in [0.25, 0.3) is 0 Å². The zero-order valence-electron chi connectivity index (χ0n) is 11.2. The molecule has 0 aromatic heterocycles. The minimum Gasteiger partial charge on any atom is -0.508 e. The Morgan fingerprint density at radius 3 is 2.18 bits per heavy atom. The van der Waals surface area contributed by atoms with Gasteiger partial charge in [0.05, 0.1) is 0 Å². The van der Waals surface area contributed by atoms with E-state index in [9.17, 15) is 9.90 Å². The van der Waals surface area contributed by atoms with Crippen molar-refractivity contribution in [3.63, 3.8) is 0 Å². The van der Waals surface area contributed by atoms with E-state index in [0.717, 1.165) is 17.4 Å². The van der Waals surface area contributed by atoms with Crippen LogP contribution >= 0.6 is 0 Å². The lowest BCUT2D eigenvalue weighted by atomic mass is 9.71. The van der Waals surface area contributed by atoms with Crippen LogP contribution in [0.3, 0.4) is 0 Å². The van der Waals surface area contributed by atoms with Crippen molar-refractivity contribution in [2.24, 2.45) is 5.92 Å². The van der Waals surface area contributed by atoms with Gasteiger partial charge in [-0.1, -0.05) is 34.6 Å². The normalized spacial score (nSPS) is 24.4. The molecule has 0 bridgehead atoms. The Labute approximate surface area is 103 Å². The van der Waals surface area contributed by atoms with Crippen molar-refractivity contribution in [1.29, 1.82) is 0 Å². The smallest absolute Gasteiger partial charge is 0.150 e. The van der Waals surface area contributed by atoms with Gasteiger partial charge >= 0.3 is 0 Å². The van der Waals surface area contributed by atoms with E-state index in [1.165, 1.54) is 0 Å². The number of aromatic hydroxyl groups is 1. The maximum Gasteiger partial charge on any atom is 0.150 e. The van der Waals surface area contributed by atoms with E-state index in [1.54, 1.807) is 12.1 Å². The first-order valence-electron chi connectivity index (χ1n) is 6.06. The molecule has 1 unspecified atom stereocenters. The highest BCUT2D eigenvalue weighted by Gasteiger charge is 2.50. The lowest BCUT2D eigenvalue weighted by molar-refractivity contribution is 0.112. The number of phenolic OH excluding ortho intramolecular Hbond substituents is 1. The predicted molar refractivity (Wildman–Crippen MR) is 68.7 cm³/mol. The van der Waals surface area contributed by atoms with Crippen LogP contribution in [0.4, 0.5) is 0 Å². The highest BCUT2D eigenvalue weighted by atomic mass is 16.3. The fraction of sp³-hybridized carbons (Fsp3) is 0.533. The SMILES string of the molecule is CC1C(C)(C)c2c(O)ccc(C=O)c2C1(C)C. The molecule has 0 spiro atoms. The fourth-order valence-electron chi connectivity index (χ4n) is 3.39. The molecule has 2 rings (SSSR count). The van der Waals surface area contributed by atoms with Gasteiger partial charge in [-0.2, -0.15) is 0 Å². The van der Waals surface area contributed by atoms with Crippen molar-refractivity contribution in [3.8, 4) is 5.75 Å². The number of benzene rings is 1. The summed E-state index contributed by atoms with van der Waals surface area (Å²) in [6, 6.07) is 3.36. The number of aldehydes is 1. The van der Waals surface area contributed by atoms with Gasteiger partial charge < -0.3 is 5.11 Å². The summed E-state index contributed by atoms with van der Waals surface area (Å²) in [5.41, 5.74) is 2.47. The van der Waals surface area contributed by atoms with E-state index in [-0.39, 0.29) is 10.8 Å². The fourth-order valence-corrected chi connectivity index (χ4v) is 3.39.